The Labute approximate surface area is 67.7 Å². The highest BCUT2D eigenvalue weighted by molar-refractivity contribution is 5.17. The molecule has 11 heavy (non-hydrogen) atoms. The molecular weight excluding hydrogens is 136 g/mol. The summed E-state index contributed by atoms with van der Waals surface area (Å²) in [6.07, 6.45) is 13.0. The Balaban J connectivity index is 1.80. The predicted molar refractivity (Wildman–Crippen MR) is 45.4 cm³/mol. The van der Waals surface area contributed by atoms with Crippen LogP contribution in [0.15, 0.2) is 24.3 Å². The van der Waals surface area contributed by atoms with Crippen LogP contribution >= 0.6 is 0 Å². The third-order valence-electron chi connectivity index (χ3n) is 2.39. The third kappa shape index (κ3) is 1.72. The van der Waals surface area contributed by atoms with Crippen LogP contribution in [-0.4, -0.2) is 12.7 Å². The summed E-state index contributed by atoms with van der Waals surface area (Å²) in [5.74, 6) is 0.651. The molecule has 1 nitrogen and oxygen atoms in total. The molecule has 1 aliphatic carbocycles. The highest BCUT2D eigenvalue weighted by Crippen LogP contribution is 2.23. The molecule has 0 spiro atoms. The van der Waals surface area contributed by atoms with Crippen LogP contribution in [0.25, 0.3) is 0 Å². The average molecular weight is 150 g/mol. The van der Waals surface area contributed by atoms with Gasteiger partial charge in [0.1, 0.15) is 0 Å². The van der Waals surface area contributed by atoms with Crippen molar-refractivity contribution in [2.45, 2.75) is 25.4 Å². The van der Waals surface area contributed by atoms with Gasteiger partial charge in [-0.15, -0.1) is 0 Å². The summed E-state index contributed by atoms with van der Waals surface area (Å²) in [5, 5.41) is 0. The van der Waals surface area contributed by atoms with E-state index in [2.05, 4.69) is 24.3 Å². The third-order valence-corrected chi connectivity index (χ3v) is 2.39. The van der Waals surface area contributed by atoms with Gasteiger partial charge in [0, 0.05) is 6.61 Å². The van der Waals surface area contributed by atoms with Gasteiger partial charge in [-0.2, -0.15) is 0 Å². The van der Waals surface area contributed by atoms with Crippen molar-refractivity contribution >= 4 is 0 Å². The topological polar surface area (TPSA) is 9.23 Å². The zero-order valence-corrected chi connectivity index (χ0v) is 6.70. The van der Waals surface area contributed by atoms with Gasteiger partial charge < -0.3 is 4.74 Å². The predicted octanol–water partition coefficient (Wildman–Crippen LogP) is 2.30. The normalized spacial score (nSPS) is 30.4. The zero-order valence-electron chi connectivity index (χ0n) is 6.70. The highest BCUT2D eigenvalue weighted by atomic mass is 16.5. The van der Waals surface area contributed by atoms with Gasteiger partial charge in [-0.3, -0.25) is 0 Å². The maximum absolute atomic E-state index is 5.55. The lowest BCUT2D eigenvalue weighted by Crippen LogP contribution is -2.08. The second-order valence-electron chi connectivity index (χ2n) is 3.30. The zero-order chi connectivity index (χ0) is 7.52. The first kappa shape index (κ1) is 7.11. The second kappa shape index (κ2) is 3.22. The lowest BCUT2D eigenvalue weighted by Gasteiger charge is -2.11. The smallest absolute Gasteiger partial charge is 0.0584 e. The van der Waals surface area contributed by atoms with Crippen LogP contribution in [0.1, 0.15) is 19.3 Å². The van der Waals surface area contributed by atoms with Gasteiger partial charge in [0.15, 0.2) is 0 Å². The average Bonchev–Trinajstić information content (AvgIpc) is 2.60. The molecule has 0 saturated carbocycles. The van der Waals surface area contributed by atoms with Crippen molar-refractivity contribution in [3.63, 3.8) is 0 Å². The molecule has 1 atom stereocenters. The minimum absolute atomic E-state index is 0.535. The maximum Gasteiger partial charge on any atom is 0.0584 e. The molecule has 0 N–H and O–H groups in total. The van der Waals surface area contributed by atoms with E-state index in [1.807, 2.05) is 0 Å². The first-order valence-corrected chi connectivity index (χ1v) is 4.42. The van der Waals surface area contributed by atoms with Gasteiger partial charge in [-0.05, 0) is 25.2 Å². The summed E-state index contributed by atoms with van der Waals surface area (Å²) in [6, 6.07) is 0. The Bertz CT molecular complexity index is 163. The summed E-state index contributed by atoms with van der Waals surface area (Å²) in [5.41, 5.74) is 0. The summed E-state index contributed by atoms with van der Waals surface area (Å²) < 4.78 is 5.55. The first-order valence-electron chi connectivity index (χ1n) is 4.42. The summed E-state index contributed by atoms with van der Waals surface area (Å²) >= 11 is 0. The lowest BCUT2D eigenvalue weighted by atomic mass is 10.0. The molecule has 1 heteroatoms. The van der Waals surface area contributed by atoms with Gasteiger partial charge >= 0.3 is 0 Å². The number of hydrogen-bond acceptors (Lipinski definition) is 1. The largest absolute Gasteiger partial charge is 0.378 e. The van der Waals surface area contributed by atoms with Crippen LogP contribution in [0.2, 0.25) is 0 Å². The van der Waals surface area contributed by atoms with Crippen LogP contribution in [0.5, 0.6) is 0 Å². The van der Waals surface area contributed by atoms with Crippen molar-refractivity contribution in [1.29, 1.82) is 0 Å². The quantitative estimate of drug-likeness (QED) is 0.587. The summed E-state index contributed by atoms with van der Waals surface area (Å²) in [6.45, 7) is 0.977. The number of rotatable bonds is 2. The summed E-state index contributed by atoms with van der Waals surface area (Å²) in [4.78, 5) is 0. The van der Waals surface area contributed by atoms with Gasteiger partial charge in [-0.25, -0.2) is 0 Å². The van der Waals surface area contributed by atoms with Crippen molar-refractivity contribution in [3.8, 4) is 0 Å². The van der Waals surface area contributed by atoms with E-state index in [4.69, 9.17) is 4.74 Å². The standard InChI is InChI=1S/C10H14O/c1-2-5-9(4-1)8-10-6-3-7-11-10/h1-2,4-5,9-10H,3,6-8H2. The van der Waals surface area contributed by atoms with E-state index in [0.29, 0.717) is 12.0 Å². The van der Waals surface area contributed by atoms with Crippen molar-refractivity contribution in [1.82, 2.24) is 0 Å². The molecule has 1 fully saturated rings. The molecule has 2 aliphatic rings. The van der Waals surface area contributed by atoms with Crippen molar-refractivity contribution in [3.05, 3.63) is 24.3 Å². The molecule has 0 amide bonds. The van der Waals surface area contributed by atoms with E-state index in [1.54, 1.807) is 0 Å². The van der Waals surface area contributed by atoms with Gasteiger partial charge in [0.2, 0.25) is 0 Å². The van der Waals surface area contributed by atoms with Crippen molar-refractivity contribution < 1.29 is 4.74 Å². The van der Waals surface area contributed by atoms with E-state index in [1.165, 1.54) is 19.3 Å². The fourth-order valence-electron chi connectivity index (χ4n) is 1.77. The van der Waals surface area contributed by atoms with Crippen LogP contribution in [0.4, 0.5) is 0 Å². The Morgan fingerprint density at radius 1 is 1.27 bits per heavy atom. The minimum atomic E-state index is 0.535. The molecule has 0 radical (unpaired) electrons. The highest BCUT2D eigenvalue weighted by Gasteiger charge is 2.18. The first-order chi connectivity index (χ1) is 5.45. The molecular formula is C10H14O. The molecule has 60 valence electrons. The fraction of sp³-hybridized carbons (Fsp3) is 0.600. The monoisotopic (exact) mass is 150 g/mol. The van der Waals surface area contributed by atoms with E-state index < -0.39 is 0 Å². The Hall–Kier alpha value is -0.560. The number of allylic oxidation sites excluding steroid dienone is 4. The Kier molecular flexibility index (Phi) is 2.08. The van der Waals surface area contributed by atoms with E-state index in [9.17, 15) is 0 Å². The molecule has 0 bridgehead atoms. The van der Waals surface area contributed by atoms with Crippen molar-refractivity contribution in [2.24, 2.45) is 5.92 Å². The second-order valence-corrected chi connectivity index (χ2v) is 3.30. The van der Waals surface area contributed by atoms with E-state index in [0.717, 1.165) is 6.61 Å². The molecule has 1 saturated heterocycles. The van der Waals surface area contributed by atoms with Crippen LogP contribution < -0.4 is 0 Å². The number of hydrogen-bond donors (Lipinski definition) is 0. The van der Waals surface area contributed by atoms with Crippen LogP contribution in [-0.2, 0) is 4.74 Å². The van der Waals surface area contributed by atoms with E-state index in [-0.39, 0.29) is 0 Å². The van der Waals surface area contributed by atoms with Gasteiger partial charge in [0.25, 0.3) is 0 Å². The fourth-order valence-corrected chi connectivity index (χ4v) is 1.77. The Morgan fingerprint density at radius 3 is 2.73 bits per heavy atom. The molecule has 0 aromatic rings. The van der Waals surface area contributed by atoms with Crippen LogP contribution in [0.3, 0.4) is 0 Å². The molecule has 2 rings (SSSR count). The molecule has 0 aromatic carbocycles. The lowest BCUT2D eigenvalue weighted by molar-refractivity contribution is 0.0992. The number of ether oxygens (including phenoxy) is 1. The van der Waals surface area contributed by atoms with Crippen molar-refractivity contribution in [2.75, 3.05) is 6.61 Å². The van der Waals surface area contributed by atoms with Crippen LogP contribution in [0, 0.1) is 5.92 Å². The molecule has 0 aromatic heterocycles. The minimum Gasteiger partial charge on any atom is -0.378 e. The maximum atomic E-state index is 5.55. The summed E-state index contributed by atoms with van der Waals surface area (Å²) in [7, 11) is 0. The Morgan fingerprint density at radius 2 is 2.09 bits per heavy atom. The SMILES string of the molecule is C1=CC(CC2CCCO2)C=C1. The van der Waals surface area contributed by atoms with E-state index >= 15 is 0 Å². The van der Waals surface area contributed by atoms with Gasteiger partial charge in [-0.1, -0.05) is 24.3 Å². The molecule has 1 aliphatic heterocycles. The van der Waals surface area contributed by atoms with Gasteiger partial charge in [0.05, 0.1) is 6.10 Å². The molecule has 1 unspecified atom stereocenters. The molecule has 1 heterocycles.